The van der Waals surface area contributed by atoms with Gasteiger partial charge in [-0.05, 0) is 30.2 Å². The van der Waals surface area contributed by atoms with Crippen LogP contribution in [0.2, 0.25) is 5.28 Å². The average molecular weight is 292 g/mol. The van der Waals surface area contributed by atoms with E-state index in [4.69, 9.17) is 11.6 Å². The Morgan fingerprint density at radius 1 is 1.15 bits per heavy atom. The molecule has 0 saturated heterocycles. The largest absolute Gasteiger partial charge is 0.357 e. The maximum absolute atomic E-state index is 5.97. The number of unbranched alkanes of at least 4 members (excludes halogenated alkanes) is 1. The zero-order chi connectivity index (χ0) is 14.4. The third-order valence-corrected chi connectivity index (χ3v) is 3.03. The Kier molecular flexibility index (Phi) is 5.12. The number of hydrogen-bond acceptors (Lipinski definition) is 5. The van der Waals surface area contributed by atoms with E-state index < -0.39 is 0 Å². The van der Waals surface area contributed by atoms with Crippen LogP contribution in [0.1, 0.15) is 19.8 Å². The van der Waals surface area contributed by atoms with Gasteiger partial charge in [-0.25, -0.2) is 0 Å². The second-order valence-electron chi connectivity index (χ2n) is 4.32. The van der Waals surface area contributed by atoms with Gasteiger partial charge in [-0.1, -0.05) is 31.5 Å². The van der Waals surface area contributed by atoms with Crippen molar-refractivity contribution < 1.29 is 0 Å². The summed E-state index contributed by atoms with van der Waals surface area (Å²) in [5, 5.41) is 3.09. The van der Waals surface area contributed by atoms with Gasteiger partial charge in [-0.2, -0.15) is 15.0 Å². The van der Waals surface area contributed by atoms with E-state index >= 15 is 0 Å². The Balaban J connectivity index is 2.38. The van der Waals surface area contributed by atoms with E-state index in [9.17, 15) is 0 Å². The highest BCUT2D eigenvalue weighted by Gasteiger charge is 2.14. The number of anilines is 3. The quantitative estimate of drug-likeness (QED) is 0.883. The van der Waals surface area contributed by atoms with E-state index in [0.717, 1.165) is 25.1 Å². The van der Waals surface area contributed by atoms with Gasteiger partial charge >= 0.3 is 0 Å². The van der Waals surface area contributed by atoms with Gasteiger partial charge in [0.05, 0.1) is 0 Å². The molecule has 2 aromatic rings. The summed E-state index contributed by atoms with van der Waals surface area (Å²) >= 11 is 5.97. The summed E-state index contributed by atoms with van der Waals surface area (Å²) in [6.07, 6.45) is 2.15. The molecule has 106 valence electrons. The number of aromatic nitrogens is 3. The number of para-hydroxylation sites is 1. The van der Waals surface area contributed by atoms with Gasteiger partial charge in [0.15, 0.2) is 0 Å². The molecular weight excluding hydrogens is 274 g/mol. The fourth-order valence-corrected chi connectivity index (χ4v) is 2.00. The molecule has 0 saturated carbocycles. The van der Waals surface area contributed by atoms with Gasteiger partial charge in [0, 0.05) is 19.3 Å². The molecule has 5 nitrogen and oxygen atoms in total. The molecule has 0 fully saturated rings. The predicted octanol–water partition coefficient (Wildman–Crippen LogP) is 3.50. The average Bonchev–Trinajstić information content (AvgIpc) is 2.48. The van der Waals surface area contributed by atoms with E-state index in [0.29, 0.717) is 11.9 Å². The molecule has 0 amide bonds. The first-order valence-electron chi connectivity index (χ1n) is 6.66. The molecule has 1 aromatic carbocycles. The highest BCUT2D eigenvalue weighted by molar-refractivity contribution is 6.28. The maximum Gasteiger partial charge on any atom is 0.236 e. The van der Waals surface area contributed by atoms with Crippen LogP contribution in [0.5, 0.6) is 0 Å². The lowest BCUT2D eigenvalue weighted by Crippen LogP contribution is -2.21. The number of nitrogens with zero attached hydrogens (tertiary/aromatic N) is 4. The maximum atomic E-state index is 5.97. The van der Waals surface area contributed by atoms with Crippen LogP contribution in [0.3, 0.4) is 0 Å². The van der Waals surface area contributed by atoms with E-state index in [2.05, 4.69) is 32.1 Å². The molecule has 20 heavy (non-hydrogen) atoms. The number of halogens is 1. The van der Waals surface area contributed by atoms with Crippen molar-refractivity contribution in [1.82, 2.24) is 15.0 Å². The molecule has 1 aromatic heterocycles. The zero-order valence-electron chi connectivity index (χ0n) is 11.7. The van der Waals surface area contributed by atoms with Crippen molar-refractivity contribution in [3.8, 4) is 0 Å². The van der Waals surface area contributed by atoms with Crippen LogP contribution in [0.15, 0.2) is 30.3 Å². The highest BCUT2D eigenvalue weighted by atomic mass is 35.5. The Morgan fingerprint density at radius 2 is 1.90 bits per heavy atom. The molecule has 6 heteroatoms. The molecule has 0 spiro atoms. The number of nitrogens with one attached hydrogen (secondary N) is 1. The SMILES string of the molecule is CCCCN(c1ccccc1)c1nc(Cl)nc(NC)n1. The number of benzene rings is 1. The van der Waals surface area contributed by atoms with Crippen LogP contribution in [-0.4, -0.2) is 28.5 Å². The smallest absolute Gasteiger partial charge is 0.236 e. The molecule has 1 N–H and O–H groups in total. The minimum absolute atomic E-state index is 0.191. The molecule has 0 radical (unpaired) electrons. The predicted molar refractivity (Wildman–Crippen MR) is 82.7 cm³/mol. The summed E-state index contributed by atoms with van der Waals surface area (Å²) in [5.74, 6) is 1.03. The van der Waals surface area contributed by atoms with Crippen LogP contribution in [0.25, 0.3) is 0 Å². The first-order chi connectivity index (χ1) is 9.74. The molecule has 0 aliphatic carbocycles. The van der Waals surface area contributed by atoms with Gasteiger partial charge < -0.3 is 10.2 Å². The highest BCUT2D eigenvalue weighted by Crippen LogP contribution is 2.23. The van der Waals surface area contributed by atoms with Crippen LogP contribution >= 0.6 is 11.6 Å². The molecule has 0 bridgehead atoms. The minimum atomic E-state index is 0.191. The summed E-state index contributed by atoms with van der Waals surface area (Å²) in [6, 6.07) is 10.0. The Labute approximate surface area is 124 Å². The van der Waals surface area contributed by atoms with Gasteiger partial charge in [0.25, 0.3) is 0 Å². The third kappa shape index (κ3) is 3.57. The van der Waals surface area contributed by atoms with E-state index in [-0.39, 0.29) is 5.28 Å². The van der Waals surface area contributed by atoms with Crippen molar-refractivity contribution >= 4 is 29.2 Å². The zero-order valence-corrected chi connectivity index (χ0v) is 12.4. The van der Waals surface area contributed by atoms with E-state index in [1.807, 2.05) is 30.3 Å². The topological polar surface area (TPSA) is 53.9 Å². The Bertz CT molecular complexity index is 547. The fourth-order valence-electron chi connectivity index (χ4n) is 1.84. The minimum Gasteiger partial charge on any atom is -0.357 e. The second kappa shape index (κ2) is 7.05. The van der Waals surface area contributed by atoms with Crippen molar-refractivity contribution in [3.05, 3.63) is 35.6 Å². The lowest BCUT2D eigenvalue weighted by atomic mass is 10.2. The number of hydrogen-bond donors (Lipinski definition) is 1. The summed E-state index contributed by atoms with van der Waals surface area (Å²) < 4.78 is 0. The molecular formula is C14H18ClN5. The summed E-state index contributed by atoms with van der Waals surface area (Å²) in [7, 11) is 1.76. The fraction of sp³-hybridized carbons (Fsp3) is 0.357. The Morgan fingerprint density at radius 3 is 2.55 bits per heavy atom. The van der Waals surface area contributed by atoms with Crippen LogP contribution in [-0.2, 0) is 0 Å². The monoisotopic (exact) mass is 291 g/mol. The molecule has 0 aliphatic rings. The van der Waals surface area contributed by atoms with Gasteiger partial charge in [0.2, 0.25) is 17.2 Å². The molecule has 0 aliphatic heterocycles. The lowest BCUT2D eigenvalue weighted by Gasteiger charge is -2.22. The first-order valence-corrected chi connectivity index (χ1v) is 7.04. The van der Waals surface area contributed by atoms with Gasteiger partial charge in [-0.15, -0.1) is 0 Å². The van der Waals surface area contributed by atoms with Gasteiger partial charge in [0.1, 0.15) is 0 Å². The lowest BCUT2D eigenvalue weighted by molar-refractivity contribution is 0.768. The molecule has 0 atom stereocenters. The standard InChI is InChI=1S/C14H18ClN5/c1-3-4-10-20(11-8-6-5-7-9-11)14-18-12(15)17-13(16-2)19-14/h5-9H,3-4,10H2,1-2H3,(H,16,17,18,19). The van der Waals surface area contributed by atoms with Crippen molar-refractivity contribution in [3.63, 3.8) is 0 Å². The summed E-state index contributed by atoms with van der Waals surface area (Å²) in [5.41, 5.74) is 1.05. The summed E-state index contributed by atoms with van der Waals surface area (Å²) in [4.78, 5) is 14.7. The summed E-state index contributed by atoms with van der Waals surface area (Å²) in [6.45, 7) is 2.99. The normalized spacial score (nSPS) is 10.3. The van der Waals surface area contributed by atoms with Crippen LogP contribution in [0.4, 0.5) is 17.6 Å². The van der Waals surface area contributed by atoms with E-state index in [1.54, 1.807) is 7.05 Å². The molecule has 0 unspecified atom stereocenters. The molecule has 2 rings (SSSR count). The Hall–Kier alpha value is -1.88. The van der Waals surface area contributed by atoms with Crippen molar-refractivity contribution in [2.45, 2.75) is 19.8 Å². The van der Waals surface area contributed by atoms with Crippen LogP contribution in [0, 0.1) is 0 Å². The third-order valence-electron chi connectivity index (χ3n) is 2.86. The second-order valence-corrected chi connectivity index (χ2v) is 4.66. The van der Waals surface area contributed by atoms with Crippen molar-refractivity contribution in [2.75, 3.05) is 23.8 Å². The first kappa shape index (κ1) is 14.5. The number of rotatable bonds is 6. The van der Waals surface area contributed by atoms with Gasteiger partial charge in [-0.3, -0.25) is 0 Å². The van der Waals surface area contributed by atoms with Crippen molar-refractivity contribution in [2.24, 2.45) is 0 Å². The van der Waals surface area contributed by atoms with Crippen LogP contribution < -0.4 is 10.2 Å². The van der Waals surface area contributed by atoms with E-state index in [1.165, 1.54) is 0 Å². The van der Waals surface area contributed by atoms with Crippen molar-refractivity contribution in [1.29, 1.82) is 0 Å². The molecule has 1 heterocycles.